The fourth-order valence-electron chi connectivity index (χ4n) is 1.92. The first-order chi connectivity index (χ1) is 7.34. The highest BCUT2D eigenvalue weighted by Gasteiger charge is 2.12. The van der Waals surface area contributed by atoms with E-state index in [0.29, 0.717) is 6.04 Å². The minimum atomic E-state index is -0.170. The van der Waals surface area contributed by atoms with Gasteiger partial charge < -0.3 is 10.6 Å². The number of nitrogens with one attached hydrogen (secondary N) is 2. The van der Waals surface area contributed by atoms with Crippen LogP contribution in [0.25, 0.3) is 0 Å². The van der Waals surface area contributed by atoms with Crippen LogP contribution in [-0.4, -0.2) is 19.1 Å². The largest absolute Gasteiger partial charge is 0.313 e. The van der Waals surface area contributed by atoms with E-state index in [2.05, 4.69) is 10.6 Å². The van der Waals surface area contributed by atoms with Crippen LogP contribution in [0.1, 0.15) is 18.4 Å². The summed E-state index contributed by atoms with van der Waals surface area (Å²) >= 11 is 0. The third-order valence-corrected chi connectivity index (χ3v) is 2.80. The predicted molar refractivity (Wildman–Crippen MR) is 59.1 cm³/mol. The van der Waals surface area contributed by atoms with E-state index < -0.39 is 0 Å². The second-order valence-electron chi connectivity index (χ2n) is 4.05. The van der Waals surface area contributed by atoms with E-state index in [1.807, 2.05) is 12.1 Å². The van der Waals surface area contributed by atoms with Crippen LogP contribution in [-0.2, 0) is 6.54 Å². The SMILES string of the molecule is Fc1ccc(CNC[C@@H]2CCCN2)cc1. The van der Waals surface area contributed by atoms with Crippen LogP contribution in [0.3, 0.4) is 0 Å². The highest BCUT2D eigenvalue weighted by Crippen LogP contribution is 2.05. The van der Waals surface area contributed by atoms with Crippen molar-refractivity contribution in [3.63, 3.8) is 0 Å². The highest BCUT2D eigenvalue weighted by atomic mass is 19.1. The van der Waals surface area contributed by atoms with Crippen molar-refractivity contribution in [2.75, 3.05) is 13.1 Å². The lowest BCUT2D eigenvalue weighted by atomic mass is 10.2. The van der Waals surface area contributed by atoms with Gasteiger partial charge in [-0.3, -0.25) is 0 Å². The average molecular weight is 208 g/mol. The first-order valence-electron chi connectivity index (χ1n) is 5.53. The van der Waals surface area contributed by atoms with Crippen LogP contribution in [0.2, 0.25) is 0 Å². The molecule has 0 radical (unpaired) electrons. The van der Waals surface area contributed by atoms with Gasteiger partial charge in [0.15, 0.2) is 0 Å². The first kappa shape index (κ1) is 10.6. The maximum Gasteiger partial charge on any atom is 0.123 e. The highest BCUT2D eigenvalue weighted by molar-refractivity contribution is 5.15. The summed E-state index contributed by atoms with van der Waals surface area (Å²) in [6.07, 6.45) is 2.54. The smallest absolute Gasteiger partial charge is 0.123 e. The summed E-state index contributed by atoms with van der Waals surface area (Å²) in [5.41, 5.74) is 1.13. The molecule has 0 bridgehead atoms. The average Bonchev–Trinajstić information content (AvgIpc) is 2.74. The summed E-state index contributed by atoms with van der Waals surface area (Å²) in [5.74, 6) is -0.170. The summed E-state index contributed by atoms with van der Waals surface area (Å²) in [5, 5.41) is 6.81. The Morgan fingerprint density at radius 2 is 2.13 bits per heavy atom. The van der Waals surface area contributed by atoms with Gasteiger partial charge in [-0.2, -0.15) is 0 Å². The van der Waals surface area contributed by atoms with E-state index in [0.717, 1.165) is 25.2 Å². The molecule has 2 nitrogen and oxygen atoms in total. The molecule has 1 aromatic rings. The second-order valence-corrected chi connectivity index (χ2v) is 4.05. The molecule has 2 N–H and O–H groups in total. The fourth-order valence-corrected chi connectivity index (χ4v) is 1.92. The van der Waals surface area contributed by atoms with Gasteiger partial charge in [0.1, 0.15) is 5.82 Å². The van der Waals surface area contributed by atoms with Gasteiger partial charge in [0.05, 0.1) is 0 Å². The van der Waals surface area contributed by atoms with Gasteiger partial charge in [0.2, 0.25) is 0 Å². The Bertz CT molecular complexity index is 291. The molecule has 1 aliphatic heterocycles. The number of hydrogen-bond donors (Lipinski definition) is 2. The molecule has 0 amide bonds. The Balaban J connectivity index is 1.71. The maximum absolute atomic E-state index is 12.6. The molecule has 0 unspecified atom stereocenters. The minimum absolute atomic E-state index is 0.170. The zero-order valence-electron chi connectivity index (χ0n) is 8.80. The molecule has 0 saturated carbocycles. The fraction of sp³-hybridized carbons (Fsp3) is 0.500. The van der Waals surface area contributed by atoms with E-state index >= 15 is 0 Å². The number of halogens is 1. The van der Waals surface area contributed by atoms with Gasteiger partial charge in [-0.25, -0.2) is 4.39 Å². The lowest BCUT2D eigenvalue weighted by Gasteiger charge is -2.11. The molecule has 3 heteroatoms. The topological polar surface area (TPSA) is 24.1 Å². The molecule has 0 aromatic heterocycles. The Hall–Kier alpha value is -0.930. The normalized spacial score (nSPS) is 20.7. The molecule has 1 fully saturated rings. The van der Waals surface area contributed by atoms with Crippen molar-refractivity contribution in [3.8, 4) is 0 Å². The minimum Gasteiger partial charge on any atom is -0.313 e. The van der Waals surface area contributed by atoms with Gasteiger partial charge in [-0.1, -0.05) is 12.1 Å². The number of hydrogen-bond acceptors (Lipinski definition) is 2. The summed E-state index contributed by atoms with van der Waals surface area (Å²) in [6, 6.07) is 7.27. The zero-order valence-corrected chi connectivity index (χ0v) is 8.80. The van der Waals surface area contributed by atoms with E-state index in [-0.39, 0.29) is 5.82 Å². The molecule has 1 saturated heterocycles. The Morgan fingerprint density at radius 1 is 1.33 bits per heavy atom. The molecular weight excluding hydrogens is 191 g/mol. The van der Waals surface area contributed by atoms with Crippen LogP contribution >= 0.6 is 0 Å². The van der Waals surface area contributed by atoms with Crippen molar-refractivity contribution >= 4 is 0 Å². The summed E-state index contributed by atoms with van der Waals surface area (Å²) in [4.78, 5) is 0. The van der Waals surface area contributed by atoms with E-state index in [4.69, 9.17) is 0 Å². The quantitative estimate of drug-likeness (QED) is 0.786. The van der Waals surface area contributed by atoms with Crippen LogP contribution in [0.15, 0.2) is 24.3 Å². The van der Waals surface area contributed by atoms with Crippen LogP contribution in [0.4, 0.5) is 4.39 Å². The van der Waals surface area contributed by atoms with Crippen molar-refractivity contribution in [2.24, 2.45) is 0 Å². The summed E-state index contributed by atoms with van der Waals surface area (Å²) in [6.45, 7) is 2.96. The molecule has 0 spiro atoms. The molecule has 1 aliphatic rings. The molecule has 1 heterocycles. The summed E-state index contributed by atoms with van der Waals surface area (Å²) < 4.78 is 12.6. The number of benzene rings is 1. The van der Waals surface area contributed by atoms with E-state index in [1.54, 1.807) is 0 Å². The van der Waals surface area contributed by atoms with Crippen molar-refractivity contribution in [2.45, 2.75) is 25.4 Å². The van der Waals surface area contributed by atoms with Gasteiger partial charge in [-0.05, 0) is 37.1 Å². The standard InChI is InChI=1S/C12H17FN2/c13-11-5-3-10(4-6-11)8-14-9-12-2-1-7-15-12/h3-6,12,14-15H,1-2,7-9H2/t12-/m0/s1. The number of rotatable bonds is 4. The maximum atomic E-state index is 12.6. The van der Waals surface area contributed by atoms with Crippen LogP contribution in [0, 0.1) is 5.82 Å². The van der Waals surface area contributed by atoms with Crippen molar-refractivity contribution in [1.82, 2.24) is 10.6 Å². The van der Waals surface area contributed by atoms with E-state index in [1.165, 1.54) is 25.0 Å². The molecule has 0 aliphatic carbocycles. The molecule has 2 rings (SSSR count). The summed E-state index contributed by atoms with van der Waals surface area (Å²) in [7, 11) is 0. The lowest BCUT2D eigenvalue weighted by Crippen LogP contribution is -2.33. The van der Waals surface area contributed by atoms with Gasteiger partial charge >= 0.3 is 0 Å². The van der Waals surface area contributed by atoms with Crippen LogP contribution in [0.5, 0.6) is 0 Å². The predicted octanol–water partition coefficient (Wildman–Crippen LogP) is 1.67. The Labute approximate surface area is 89.9 Å². The molecule has 1 aromatic carbocycles. The van der Waals surface area contributed by atoms with E-state index in [9.17, 15) is 4.39 Å². The van der Waals surface area contributed by atoms with Crippen molar-refractivity contribution in [3.05, 3.63) is 35.6 Å². The third kappa shape index (κ3) is 3.29. The lowest BCUT2D eigenvalue weighted by molar-refractivity contribution is 0.535. The Kier molecular flexibility index (Phi) is 3.69. The monoisotopic (exact) mass is 208 g/mol. The molecule has 82 valence electrons. The Morgan fingerprint density at radius 3 is 2.80 bits per heavy atom. The van der Waals surface area contributed by atoms with Gasteiger partial charge in [0, 0.05) is 19.1 Å². The van der Waals surface area contributed by atoms with Crippen molar-refractivity contribution < 1.29 is 4.39 Å². The molecule has 15 heavy (non-hydrogen) atoms. The third-order valence-electron chi connectivity index (χ3n) is 2.80. The van der Waals surface area contributed by atoms with Gasteiger partial charge in [-0.15, -0.1) is 0 Å². The molecule has 1 atom stereocenters. The first-order valence-corrected chi connectivity index (χ1v) is 5.53. The second kappa shape index (κ2) is 5.24. The van der Waals surface area contributed by atoms with Gasteiger partial charge in [0.25, 0.3) is 0 Å². The zero-order chi connectivity index (χ0) is 10.5. The molecular formula is C12H17FN2. The van der Waals surface area contributed by atoms with Crippen molar-refractivity contribution in [1.29, 1.82) is 0 Å². The van der Waals surface area contributed by atoms with Crippen LogP contribution < -0.4 is 10.6 Å².